The summed E-state index contributed by atoms with van der Waals surface area (Å²) in [5.41, 5.74) is 0. The smallest absolute Gasteiger partial charge is 0.148 e. The van der Waals surface area contributed by atoms with Gasteiger partial charge in [0.05, 0.1) is 6.54 Å². The van der Waals surface area contributed by atoms with Crippen LogP contribution in [0.3, 0.4) is 0 Å². The maximum absolute atomic E-state index is 4.34. The van der Waals surface area contributed by atoms with Crippen LogP contribution in [0.15, 0.2) is 29.8 Å². The molecule has 14 heavy (non-hydrogen) atoms. The molecule has 0 fully saturated rings. The molecule has 2 heterocycles. The van der Waals surface area contributed by atoms with Crippen molar-refractivity contribution in [3.05, 3.63) is 34.7 Å². The summed E-state index contributed by atoms with van der Waals surface area (Å²) in [5.74, 6) is 0.945. The molecule has 1 N–H and O–H groups in total. The monoisotopic (exact) mass is 207 g/mol. The van der Waals surface area contributed by atoms with Crippen molar-refractivity contribution in [1.82, 2.24) is 9.78 Å². The van der Waals surface area contributed by atoms with Gasteiger partial charge in [0.15, 0.2) is 0 Å². The van der Waals surface area contributed by atoms with Gasteiger partial charge in [-0.25, -0.2) is 0 Å². The SMILES string of the molecule is CCn1ccc(NCc2cccs2)n1. The van der Waals surface area contributed by atoms with Crippen molar-refractivity contribution in [2.75, 3.05) is 5.32 Å². The topological polar surface area (TPSA) is 29.9 Å². The summed E-state index contributed by atoms with van der Waals surface area (Å²) < 4.78 is 1.91. The van der Waals surface area contributed by atoms with Gasteiger partial charge in [-0.1, -0.05) is 6.07 Å². The molecule has 0 atom stereocenters. The van der Waals surface area contributed by atoms with E-state index in [9.17, 15) is 0 Å². The minimum atomic E-state index is 0.860. The number of nitrogens with one attached hydrogen (secondary N) is 1. The van der Waals surface area contributed by atoms with Gasteiger partial charge in [-0.05, 0) is 18.4 Å². The molecule has 0 aromatic carbocycles. The summed E-state index contributed by atoms with van der Waals surface area (Å²) in [5, 5.41) is 9.70. The minimum absolute atomic E-state index is 0.860. The molecule has 0 aliphatic carbocycles. The fourth-order valence-electron chi connectivity index (χ4n) is 1.22. The van der Waals surface area contributed by atoms with Crippen molar-refractivity contribution in [3.8, 4) is 0 Å². The number of anilines is 1. The lowest BCUT2D eigenvalue weighted by Gasteiger charge is -1.99. The average Bonchev–Trinajstić information content (AvgIpc) is 2.86. The van der Waals surface area contributed by atoms with Crippen LogP contribution in [0.1, 0.15) is 11.8 Å². The van der Waals surface area contributed by atoms with Crippen molar-refractivity contribution in [3.63, 3.8) is 0 Å². The lowest BCUT2D eigenvalue weighted by molar-refractivity contribution is 0.661. The maximum atomic E-state index is 4.34. The first-order chi connectivity index (χ1) is 6.88. The van der Waals surface area contributed by atoms with Crippen molar-refractivity contribution in [1.29, 1.82) is 0 Å². The summed E-state index contributed by atoms with van der Waals surface area (Å²) in [6, 6.07) is 6.18. The van der Waals surface area contributed by atoms with Crippen molar-refractivity contribution < 1.29 is 0 Å². The maximum Gasteiger partial charge on any atom is 0.148 e. The Hall–Kier alpha value is -1.29. The fourth-order valence-corrected chi connectivity index (χ4v) is 1.87. The van der Waals surface area contributed by atoms with E-state index in [2.05, 4.69) is 34.9 Å². The van der Waals surface area contributed by atoms with E-state index in [-0.39, 0.29) is 0 Å². The lowest BCUT2D eigenvalue weighted by atomic mass is 10.4. The van der Waals surface area contributed by atoms with Gasteiger partial charge in [-0.3, -0.25) is 4.68 Å². The van der Waals surface area contributed by atoms with Gasteiger partial charge in [0.2, 0.25) is 0 Å². The number of thiophene rings is 1. The molecule has 2 aromatic heterocycles. The highest BCUT2D eigenvalue weighted by atomic mass is 32.1. The van der Waals surface area contributed by atoms with Crippen LogP contribution in [-0.4, -0.2) is 9.78 Å². The van der Waals surface area contributed by atoms with E-state index in [0.717, 1.165) is 18.9 Å². The molecule has 0 saturated carbocycles. The molecule has 0 unspecified atom stereocenters. The zero-order valence-electron chi connectivity index (χ0n) is 8.10. The molecule has 4 heteroatoms. The quantitative estimate of drug-likeness (QED) is 0.835. The van der Waals surface area contributed by atoms with E-state index in [1.54, 1.807) is 11.3 Å². The van der Waals surface area contributed by atoms with Crippen LogP contribution in [0.5, 0.6) is 0 Å². The Bertz CT molecular complexity index is 378. The second-order valence-corrected chi connectivity index (χ2v) is 4.02. The molecule has 2 aromatic rings. The normalized spacial score (nSPS) is 10.4. The summed E-state index contributed by atoms with van der Waals surface area (Å²) in [7, 11) is 0. The van der Waals surface area contributed by atoms with Crippen LogP contribution in [0, 0.1) is 0 Å². The predicted molar refractivity (Wildman–Crippen MR) is 59.5 cm³/mol. The Morgan fingerprint density at radius 3 is 3.07 bits per heavy atom. The van der Waals surface area contributed by atoms with E-state index < -0.39 is 0 Å². The van der Waals surface area contributed by atoms with E-state index in [1.807, 2.05) is 16.9 Å². The van der Waals surface area contributed by atoms with Crippen LogP contribution in [-0.2, 0) is 13.1 Å². The number of hydrogen-bond donors (Lipinski definition) is 1. The molecule has 0 bridgehead atoms. The Balaban J connectivity index is 1.92. The highest BCUT2D eigenvalue weighted by Gasteiger charge is 1.97. The first-order valence-corrected chi connectivity index (χ1v) is 5.56. The van der Waals surface area contributed by atoms with Crippen LogP contribution in [0.2, 0.25) is 0 Å². The van der Waals surface area contributed by atoms with Crippen LogP contribution >= 0.6 is 11.3 Å². The number of aromatic nitrogens is 2. The van der Waals surface area contributed by atoms with E-state index in [1.165, 1.54) is 4.88 Å². The summed E-state index contributed by atoms with van der Waals surface area (Å²) >= 11 is 1.76. The molecule has 74 valence electrons. The van der Waals surface area contributed by atoms with Gasteiger partial charge in [-0.15, -0.1) is 11.3 Å². The Labute approximate surface area is 87.4 Å². The average molecular weight is 207 g/mol. The van der Waals surface area contributed by atoms with Gasteiger partial charge < -0.3 is 5.32 Å². The molecule has 0 radical (unpaired) electrons. The highest BCUT2D eigenvalue weighted by Crippen LogP contribution is 2.11. The van der Waals surface area contributed by atoms with Gasteiger partial charge in [0.1, 0.15) is 5.82 Å². The van der Waals surface area contributed by atoms with Gasteiger partial charge >= 0.3 is 0 Å². The van der Waals surface area contributed by atoms with Crippen molar-refractivity contribution in [2.45, 2.75) is 20.0 Å². The zero-order valence-corrected chi connectivity index (χ0v) is 8.92. The molecular formula is C10H13N3S. The second kappa shape index (κ2) is 4.28. The van der Waals surface area contributed by atoms with Crippen molar-refractivity contribution >= 4 is 17.2 Å². The van der Waals surface area contributed by atoms with E-state index in [0.29, 0.717) is 0 Å². The highest BCUT2D eigenvalue weighted by molar-refractivity contribution is 7.09. The molecule has 0 spiro atoms. The molecule has 0 saturated heterocycles. The molecular weight excluding hydrogens is 194 g/mol. The third-order valence-electron chi connectivity index (χ3n) is 1.99. The second-order valence-electron chi connectivity index (χ2n) is 2.99. The number of nitrogens with zero attached hydrogens (tertiary/aromatic N) is 2. The Morgan fingerprint density at radius 2 is 2.43 bits per heavy atom. The number of aryl methyl sites for hydroxylation is 1. The fraction of sp³-hybridized carbons (Fsp3) is 0.300. The first-order valence-electron chi connectivity index (χ1n) is 4.68. The largest absolute Gasteiger partial charge is 0.364 e. The van der Waals surface area contributed by atoms with Crippen LogP contribution in [0.25, 0.3) is 0 Å². The Kier molecular flexibility index (Phi) is 2.84. The lowest BCUT2D eigenvalue weighted by Crippen LogP contribution is -2.00. The third kappa shape index (κ3) is 2.14. The van der Waals surface area contributed by atoms with Gasteiger partial charge in [0, 0.05) is 23.7 Å². The molecule has 0 aliphatic heterocycles. The number of rotatable bonds is 4. The molecule has 3 nitrogen and oxygen atoms in total. The predicted octanol–water partition coefficient (Wildman–Crippen LogP) is 2.58. The van der Waals surface area contributed by atoms with Crippen molar-refractivity contribution in [2.24, 2.45) is 0 Å². The van der Waals surface area contributed by atoms with Gasteiger partial charge in [0.25, 0.3) is 0 Å². The molecule has 2 rings (SSSR count). The Morgan fingerprint density at radius 1 is 1.50 bits per heavy atom. The van der Waals surface area contributed by atoms with Gasteiger partial charge in [-0.2, -0.15) is 5.10 Å². The van der Waals surface area contributed by atoms with Crippen LogP contribution in [0.4, 0.5) is 5.82 Å². The first kappa shape index (κ1) is 9.27. The van der Waals surface area contributed by atoms with E-state index >= 15 is 0 Å². The third-order valence-corrected chi connectivity index (χ3v) is 2.86. The molecule has 0 aliphatic rings. The standard InChI is InChI=1S/C10H13N3S/c1-2-13-6-5-10(12-13)11-8-9-4-3-7-14-9/h3-7H,2,8H2,1H3,(H,11,12). The van der Waals surface area contributed by atoms with E-state index in [4.69, 9.17) is 0 Å². The minimum Gasteiger partial charge on any atom is -0.364 e. The van der Waals surface area contributed by atoms with Crippen LogP contribution < -0.4 is 5.32 Å². The summed E-state index contributed by atoms with van der Waals surface area (Å²) in [6.45, 7) is 3.86. The number of hydrogen-bond acceptors (Lipinski definition) is 3. The zero-order chi connectivity index (χ0) is 9.80. The summed E-state index contributed by atoms with van der Waals surface area (Å²) in [4.78, 5) is 1.33. The summed E-state index contributed by atoms with van der Waals surface area (Å²) in [6.07, 6.45) is 1.98. The molecule has 0 amide bonds.